The van der Waals surface area contributed by atoms with E-state index in [0.717, 1.165) is 6.07 Å². The Bertz CT molecular complexity index is 1100. The Labute approximate surface area is 155 Å². The molecule has 1 aromatic heterocycles. The molecule has 7 nitrogen and oxygen atoms in total. The number of hydrogen-bond acceptors (Lipinski definition) is 4. The highest BCUT2D eigenvalue weighted by Crippen LogP contribution is 2.24. The van der Waals surface area contributed by atoms with Crippen LogP contribution in [0.1, 0.15) is 27.8 Å². The number of aromatic carboxylic acids is 1. The van der Waals surface area contributed by atoms with Gasteiger partial charge < -0.3 is 9.67 Å². The van der Waals surface area contributed by atoms with Gasteiger partial charge in [0.2, 0.25) is 10.0 Å². The molecule has 0 spiro atoms. The maximum Gasteiger partial charge on any atom is 0.335 e. The van der Waals surface area contributed by atoms with E-state index in [-0.39, 0.29) is 10.5 Å². The first-order chi connectivity index (χ1) is 12.8. The molecule has 0 unspecified atom stereocenters. The van der Waals surface area contributed by atoms with Gasteiger partial charge in [-0.05, 0) is 35.9 Å². The number of aromatic nitrogens is 2. The molecular formula is C18H16FN3O4S. The molecule has 0 radical (unpaired) electrons. The predicted octanol–water partition coefficient (Wildman–Crippen LogP) is 2.33. The van der Waals surface area contributed by atoms with Crippen LogP contribution in [-0.4, -0.2) is 29.0 Å². The number of aryl methyl sites for hydroxylation is 1. The van der Waals surface area contributed by atoms with Crippen LogP contribution < -0.4 is 4.72 Å². The second kappa shape index (κ2) is 7.29. The molecule has 1 heterocycles. The summed E-state index contributed by atoms with van der Waals surface area (Å²) in [6.07, 6.45) is 3.14. The number of hydrogen-bond donors (Lipinski definition) is 2. The van der Waals surface area contributed by atoms with Crippen molar-refractivity contribution in [3.05, 3.63) is 83.7 Å². The number of benzene rings is 2. The van der Waals surface area contributed by atoms with Crippen molar-refractivity contribution in [1.82, 2.24) is 14.3 Å². The predicted molar refractivity (Wildman–Crippen MR) is 95.2 cm³/mol. The SMILES string of the molecule is Cn1ccnc1[C@@H](NS(=O)(=O)c1cccc(C(=O)O)c1)c1cccc(F)c1. The van der Waals surface area contributed by atoms with Gasteiger partial charge in [0.05, 0.1) is 10.5 Å². The van der Waals surface area contributed by atoms with Gasteiger partial charge in [-0.15, -0.1) is 0 Å². The summed E-state index contributed by atoms with van der Waals surface area (Å²) in [6.45, 7) is 0. The summed E-state index contributed by atoms with van der Waals surface area (Å²) >= 11 is 0. The molecule has 0 saturated carbocycles. The van der Waals surface area contributed by atoms with Crippen molar-refractivity contribution < 1.29 is 22.7 Å². The van der Waals surface area contributed by atoms with Crippen LogP contribution in [0.2, 0.25) is 0 Å². The van der Waals surface area contributed by atoms with E-state index in [1.165, 1.54) is 42.6 Å². The van der Waals surface area contributed by atoms with Crippen molar-refractivity contribution in [2.45, 2.75) is 10.9 Å². The second-order valence-corrected chi connectivity index (χ2v) is 7.55. The third-order valence-electron chi connectivity index (χ3n) is 3.96. The Hall–Kier alpha value is -3.04. The average Bonchev–Trinajstić information content (AvgIpc) is 3.05. The number of carboxylic acid groups (broad SMARTS) is 1. The molecule has 0 amide bonds. The maximum absolute atomic E-state index is 13.7. The molecule has 9 heteroatoms. The Morgan fingerprint density at radius 3 is 2.59 bits per heavy atom. The quantitative estimate of drug-likeness (QED) is 0.674. The lowest BCUT2D eigenvalue weighted by molar-refractivity contribution is 0.0696. The Balaban J connectivity index is 2.05. The fraction of sp³-hybridized carbons (Fsp3) is 0.111. The van der Waals surface area contributed by atoms with Gasteiger partial charge in [-0.25, -0.2) is 22.6 Å². The first-order valence-corrected chi connectivity index (χ1v) is 9.34. The Morgan fingerprint density at radius 2 is 1.96 bits per heavy atom. The zero-order valence-electron chi connectivity index (χ0n) is 14.2. The van der Waals surface area contributed by atoms with Gasteiger partial charge in [-0.3, -0.25) is 0 Å². The molecule has 3 aromatic rings. The smallest absolute Gasteiger partial charge is 0.335 e. The molecule has 2 aromatic carbocycles. The van der Waals surface area contributed by atoms with E-state index in [1.54, 1.807) is 23.9 Å². The lowest BCUT2D eigenvalue weighted by Crippen LogP contribution is -2.31. The lowest BCUT2D eigenvalue weighted by atomic mass is 10.1. The highest BCUT2D eigenvalue weighted by molar-refractivity contribution is 7.89. The van der Waals surface area contributed by atoms with Crippen molar-refractivity contribution in [3.8, 4) is 0 Å². The molecule has 0 aliphatic heterocycles. The first kappa shape index (κ1) is 18.7. The molecule has 3 rings (SSSR count). The van der Waals surface area contributed by atoms with Crippen LogP contribution in [-0.2, 0) is 17.1 Å². The van der Waals surface area contributed by atoms with E-state index in [1.807, 2.05) is 0 Å². The fourth-order valence-corrected chi connectivity index (χ4v) is 3.86. The summed E-state index contributed by atoms with van der Waals surface area (Å²) in [5.74, 6) is -1.39. The van der Waals surface area contributed by atoms with Crippen LogP contribution in [0.4, 0.5) is 4.39 Å². The van der Waals surface area contributed by atoms with Gasteiger partial charge in [0.15, 0.2) is 0 Å². The standard InChI is InChI=1S/C18H16FN3O4S/c1-22-9-8-20-17(22)16(12-4-2-6-14(19)10-12)21-27(25,26)15-7-3-5-13(11-15)18(23)24/h2-11,16,21H,1H3,(H,23,24)/t16-/m0/s1. The van der Waals surface area contributed by atoms with Crippen LogP contribution in [0.15, 0.2) is 65.8 Å². The van der Waals surface area contributed by atoms with Crippen molar-refractivity contribution in [2.75, 3.05) is 0 Å². The number of nitrogens with one attached hydrogen (secondary N) is 1. The number of rotatable bonds is 6. The van der Waals surface area contributed by atoms with Crippen molar-refractivity contribution >= 4 is 16.0 Å². The van der Waals surface area contributed by atoms with E-state index in [0.29, 0.717) is 11.4 Å². The number of nitrogens with zero attached hydrogens (tertiary/aromatic N) is 2. The van der Waals surface area contributed by atoms with Crippen molar-refractivity contribution in [3.63, 3.8) is 0 Å². The zero-order chi connectivity index (χ0) is 19.6. The number of sulfonamides is 1. The highest BCUT2D eigenvalue weighted by atomic mass is 32.2. The van der Waals surface area contributed by atoms with Gasteiger partial charge in [-0.2, -0.15) is 4.72 Å². The molecule has 0 fully saturated rings. The summed E-state index contributed by atoms with van der Waals surface area (Å²) in [6, 6.07) is 9.55. The third-order valence-corrected chi connectivity index (χ3v) is 5.38. The van der Waals surface area contributed by atoms with Gasteiger partial charge in [0.25, 0.3) is 0 Å². The molecule has 0 saturated heterocycles. The van der Waals surface area contributed by atoms with Crippen LogP contribution >= 0.6 is 0 Å². The lowest BCUT2D eigenvalue weighted by Gasteiger charge is -2.19. The number of carbonyl (C=O) groups is 1. The minimum atomic E-state index is -4.11. The highest BCUT2D eigenvalue weighted by Gasteiger charge is 2.26. The minimum absolute atomic E-state index is 0.155. The second-order valence-electron chi connectivity index (χ2n) is 5.84. The van der Waals surface area contributed by atoms with E-state index < -0.39 is 27.9 Å². The van der Waals surface area contributed by atoms with Crippen LogP contribution in [0, 0.1) is 5.82 Å². The minimum Gasteiger partial charge on any atom is -0.478 e. The summed E-state index contributed by atoms with van der Waals surface area (Å²) in [5, 5.41) is 9.08. The molecule has 1 atom stereocenters. The number of halogens is 1. The largest absolute Gasteiger partial charge is 0.478 e. The first-order valence-electron chi connectivity index (χ1n) is 7.86. The molecule has 0 bridgehead atoms. The molecule has 27 heavy (non-hydrogen) atoms. The monoisotopic (exact) mass is 389 g/mol. The van der Waals surface area contributed by atoms with Crippen molar-refractivity contribution in [1.29, 1.82) is 0 Å². The van der Waals surface area contributed by atoms with Crippen molar-refractivity contribution in [2.24, 2.45) is 7.05 Å². The molecule has 2 N–H and O–H groups in total. The van der Waals surface area contributed by atoms with E-state index in [9.17, 15) is 17.6 Å². The molecular weight excluding hydrogens is 373 g/mol. The Kier molecular flexibility index (Phi) is 5.06. The Morgan fingerprint density at radius 1 is 1.22 bits per heavy atom. The summed E-state index contributed by atoms with van der Waals surface area (Å²) in [5.41, 5.74) is 0.208. The molecule has 0 aliphatic rings. The average molecular weight is 389 g/mol. The zero-order valence-corrected chi connectivity index (χ0v) is 15.0. The van der Waals surface area contributed by atoms with Gasteiger partial charge in [0.1, 0.15) is 17.7 Å². The van der Waals surface area contributed by atoms with Gasteiger partial charge in [-0.1, -0.05) is 18.2 Å². The van der Waals surface area contributed by atoms with E-state index in [4.69, 9.17) is 5.11 Å². The number of imidazole rings is 1. The van der Waals surface area contributed by atoms with Gasteiger partial charge in [0, 0.05) is 19.4 Å². The topological polar surface area (TPSA) is 101 Å². The van der Waals surface area contributed by atoms with Crippen LogP contribution in [0.25, 0.3) is 0 Å². The van der Waals surface area contributed by atoms with Gasteiger partial charge >= 0.3 is 5.97 Å². The normalized spacial score (nSPS) is 12.7. The summed E-state index contributed by atoms with van der Waals surface area (Å²) < 4.78 is 43.5. The molecule has 140 valence electrons. The van der Waals surface area contributed by atoms with Crippen LogP contribution in [0.5, 0.6) is 0 Å². The third kappa shape index (κ3) is 4.04. The maximum atomic E-state index is 13.7. The fourth-order valence-electron chi connectivity index (χ4n) is 2.63. The summed E-state index contributed by atoms with van der Waals surface area (Å²) in [7, 11) is -2.42. The summed E-state index contributed by atoms with van der Waals surface area (Å²) in [4.78, 5) is 15.1. The number of carboxylic acids is 1. The molecule has 0 aliphatic carbocycles. The van der Waals surface area contributed by atoms with E-state index in [2.05, 4.69) is 9.71 Å². The van der Waals surface area contributed by atoms with Crippen LogP contribution in [0.3, 0.4) is 0 Å². The van der Waals surface area contributed by atoms with E-state index >= 15 is 0 Å².